The van der Waals surface area contributed by atoms with Gasteiger partial charge in [-0.2, -0.15) is 0 Å². The van der Waals surface area contributed by atoms with Crippen molar-refractivity contribution in [1.82, 2.24) is 4.57 Å². The Morgan fingerprint density at radius 3 is 2.16 bits per heavy atom. The quantitative estimate of drug-likeness (QED) is 0.609. The maximum atomic E-state index is 4.41. The van der Waals surface area contributed by atoms with Gasteiger partial charge in [0.25, 0.3) is 0 Å². The Hall–Kier alpha value is -2.61. The second-order valence-electron chi connectivity index (χ2n) is 4.25. The number of pyridine rings is 1. The molecule has 1 heterocycles. The topological polar surface area (TPSA) is 17.3 Å². The molecular formula is C17H14N2. The van der Waals surface area contributed by atoms with Crippen LogP contribution in [0.4, 0.5) is 0 Å². The van der Waals surface area contributed by atoms with Gasteiger partial charge in [-0.15, -0.1) is 0 Å². The van der Waals surface area contributed by atoms with Crippen LogP contribution in [0.25, 0.3) is 27.9 Å². The molecule has 0 fully saturated rings. The lowest BCUT2D eigenvalue weighted by Gasteiger charge is -2.11. The minimum atomic E-state index is 0.860. The first-order chi connectivity index (χ1) is 9.36. The van der Waals surface area contributed by atoms with Gasteiger partial charge in [0.1, 0.15) is 5.49 Å². The third kappa shape index (κ3) is 1.69. The number of fused-ring (bicyclic) bond motifs is 3. The Kier molecular flexibility index (Phi) is 2.76. The van der Waals surface area contributed by atoms with Gasteiger partial charge in [-0.1, -0.05) is 55.6 Å². The summed E-state index contributed by atoms with van der Waals surface area (Å²) in [5, 5.41) is 3.49. The molecule has 0 aliphatic rings. The van der Waals surface area contributed by atoms with Crippen LogP contribution < -0.4 is 5.49 Å². The number of rotatable bonds is 2. The number of aromatic nitrogens is 1. The predicted octanol–water partition coefficient (Wildman–Crippen LogP) is 3.94. The molecule has 92 valence electrons. The molecule has 0 atom stereocenters. The number of hydrogen-bond acceptors (Lipinski definition) is 1. The predicted molar refractivity (Wildman–Crippen MR) is 81.6 cm³/mol. The van der Waals surface area contributed by atoms with E-state index in [1.807, 2.05) is 28.8 Å². The van der Waals surface area contributed by atoms with Crippen LogP contribution in [0.3, 0.4) is 0 Å². The summed E-state index contributed by atoms with van der Waals surface area (Å²) in [5.41, 5.74) is 1.95. The van der Waals surface area contributed by atoms with E-state index in [0.29, 0.717) is 0 Å². The molecule has 0 N–H and O–H groups in total. The fraction of sp³-hybridized carbons (Fsp3) is 0. The monoisotopic (exact) mass is 246 g/mol. The molecule has 19 heavy (non-hydrogen) atoms. The van der Waals surface area contributed by atoms with Crippen molar-refractivity contribution in [3.63, 3.8) is 0 Å². The third-order valence-electron chi connectivity index (χ3n) is 3.25. The van der Waals surface area contributed by atoms with Gasteiger partial charge < -0.3 is 4.57 Å². The van der Waals surface area contributed by atoms with Gasteiger partial charge in [-0.25, -0.2) is 4.99 Å². The maximum Gasteiger partial charge on any atom is 0.144 e. The van der Waals surface area contributed by atoms with E-state index in [1.165, 1.54) is 10.8 Å². The molecule has 0 unspecified atom stereocenters. The van der Waals surface area contributed by atoms with E-state index in [2.05, 4.69) is 42.4 Å². The molecule has 3 aromatic rings. The summed E-state index contributed by atoms with van der Waals surface area (Å²) in [7, 11) is 0. The smallest absolute Gasteiger partial charge is 0.144 e. The Bertz CT molecular complexity index is 854. The Labute approximate surface area is 111 Å². The lowest BCUT2D eigenvalue weighted by Crippen LogP contribution is -2.17. The third-order valence-corrected chi connectivity index (χ3v) is 3.25. The average Bonchev–Trinajstić information content (AvgIpc) is 2.48. The van der Waals surface area contributed by atoms with Crippen molar-refractivity contribution in [2.24, 2.45) is 4.99 Å². The minimum Gasteiger partial charge on any atom is -0.301 e. The first-order valence-corrected chi connectivity index (χ1v) is 6.16. The zero-order valence-electron chi connectivity index (χ0n) is 10.6. The average molecular weight is 246 g/mol. The second-order valence-corrected chi connectivity index (χ2v) is 4.25. The van der Waals surface area contributed by atoms with E-state index in [-0.39, 0.29) is 0 Å². The summed E-state index contributed by atoms with van der Waals surface area (Å²) >= 11 is 0. The summed E-state index contributed by atoms with van der Waals surface area (Å²) < 4.78 is 2.00. The van der Waals surface area contributed by atoms with Gasteiger partial charge in [-0.05, 0) is 11.5 Å². The van der Waals surface area contributed by atoms with Crippen LogP contribution in [0.15, 0.2) is 72.9 Å². The molecule has 0 bridgehead atoms. The normalized spacial score (nSPS) is 11.9. The van der Waals surface area contributed by atoms with Crippen LogP contribution in [-0.2, 0) is 0 Å². The highest BCUT2D eigenvalue weighted by Crippen LogP contribution is 2.22. The first kappa shape index (κ1) is 11.5. The molecule has 2 aromatic carbocycles. The first-order valence-electron chi connectivity index (χ1n) is 6.16. The highest BCUT2D eigenvalue weighted by atomic mass is 15.0. The summed E-state index contributed by atoms with van der Waals surface area (Å²) in [4.78, 5) is 4.41. The lowest BCUT2D eigenvalue weighted by atomic mass is 10.1. The van der Waals surface area contributed by atoms with Crippen LogP contribution in [0.2, 0.25) is 0 Å². The van der Waals surface area contributed by atoms with Crippen LogP contribution in [0.5, 0.6) is 0 Å². The second kappa shape index (κ2) is 4.58. The fourth-order valence-electron chi connectivity index (χ4n) is 2.47. The van der Waals surface area contributed by atoms with Crippen molar-refractivity contribution in [2.75, 3.05) is 0 Å². The summed E-state index contributed by atoms with van der Waals surface area (Å²) in [6, 6.07) is 16.5. The molecule has 0 radical (unpaired) electrons. The molecule has 3 rings (SSSR count). The molecular weight excluding hydrogens is 232 g/mol. The van der Waals surface area contributed by atoms with Gasteiger partial charge in [0.2, 0.25) is 0 Å². The van der Waals surface area contributed by atoms with E-state index < -0.39 is 0 Å². The highest BCUT2D eigenvalue weighted by molar-refractivity contribution is 6.06. The van der Waals surface area contributed by atoms with Crippen LogP contribution in [-0.4, -0.2) is 4.57 Å². The maximum absolute atomic E-state index is 4.41. The van der Waals surface area contributed by atoms with Crippen LogP contribution in [0, 0.1) is 0 Å². The molecule has 0 aliphatic heterocycles. The van der Waals surface area contributed by atoms with Gasteiger partial charge in [0.05, 0.1) is 5.52 Å². The van der Waals surface area contributed by atoms with Crippen molar-refractivity contribution >= 4 is 27.9 Å². The van der Waals surface area contributed by atoms with Crippen molar-refractivity contribution in [1.29, 1.82) is 0 Å². The molecule has 2 nitrogen and oxygen atoms in total. The van der Waals surface area contributed by atoms with Gasteiger partial charge in [0, 0.05) is 23.2 Å². The standard InChI is InChI=1S/C17H14N2/c1-3-18-17-15-11-6-5-9-13(15)14-10-7-8-12-16(14)19(17)4-2/h3-12H,1-2H2. The largest absolute Gasteiger partial charge is 0.301 e. The molecule has 0 spiro atoms. The van der Waals surface area contributed by atoms with E-state index >= 15 is 0 Å². The van der Waals surface area contributed by atoms with Crippen molar-refractivity contribution in [2.45, 2.75) is 0 Å². The lowest BCUT2D eigenvalue weighted by molar-refractivity contribution is 1.08. The Morgan fingerprint density at radius 1 is 0.842 bits per heavy atom. The summed E-state index contributed by atoms with van der Waals surface area (Å²) in [6.07, 6.45) is 3.35. The van der Waals surface area contributed by atoms with E-state index in [1.54, 1.807) is 12.4 Å². The van der Waals surface area contributed by atoms with Crippen molar-refractivity contribution in [3.05, 3.63) is 73.4 Å². The van der Waals surface area contributed by atoms with E-state index in [0.717, 1.165) is 16.4 Å². The molecule has 0 saturated carbocycles. The Balaban J connectivity index is 2.73. The number of para-hydroxylation sites is 1. The van der Waals surface area contributed by atoms with Gasteiger partial charge in [0.15, 0.2) is 0 Å². The summed E-state index contributed by atoms with van der Waals surface area (Å²) in [6.45, 7) is 7.60. The van der Waals surface area contributed by atoms with Gasteiger partial charge in [-0.3, -0.25) is 0 Å². The number of benzene rings is 2. The Morgan fingerprint density at radius 2 is 1.47 bits per heavy atom. The van der Waals surface area contributed by atoms with Gasteiger partial charge >= 0.3 is 0 Å². The molecule has 1 aromatic heterocycles. The molecule has 0 saturated heterocycles. The van der Waals surface area contributed by atoms with Crippen molar-refractivity contribution < 1.29 is 0 Å². The fourth-order valence-corrected chi connectivity index (χ4v) is 2.47. The summed E-state index contributed by atoms with van der Waals surface area (Å²) in [5.74, 6) is 0. The van der Waals surface area contributed by atoms with Crippen molar-refractivity contribution in [3.8, 4) is 0 Å². The molecule has 0 amide bonds. The highest BCUT2D eigenvalue weighted by Gasteiger charge is 2.06. The number of hydrogen-bond donors (Lipinski definition) is 0. The van der Waals surface area contributed by atoms with E-state index in [9.17, 15) is 0 Å². The molecule has 0 aliphatic carbocycles. The zero-order valence-corrected chi connectivity index (χ0v) is 10.6. The minimum absolute atomic E-state index is 0.860. The van der Waals surface area contributed by atoms with Crippen LogP contribution in [0.1, 0.15) is 0 Å². The zero-order chi connectivity index (χ0) is 13.2. The van der Waals surface area contributed by atoms with Crippen LogP contribution >= 0.6 is 0 Å². The number of nitrogens with zero attached hydrogens (tertiary/aromatic N) is 2. The SMILES string of the molecule is C=CN=c1c2ccccc2c2ccccc2n1C=C. The molecule has 2 heteroatoms. The van der Waals surface area contributed by atoms with E-state index in [4.69, 9.17) is 0 Å².